The zero-order valence-corrected chi connectivity index (χ0v) is 40.0. The molecular weight excluding hydrogens is 1110 g/mol. The van der Waals surface area contributed by atoms with E-state index < -0.39 is 152 Å². The quantitative estimate of drug-likeness (QED) is 0.0315. The fraction of sp³-hybridized carbons (Fsp3) is 0.0179. The van der Waals surface area contributed by atoms with Gasteiger partial charge in [0, 0.05) is 11.1 Å². The smallest absolute Gasteiger partial charge is 0.200 e. The number of carbonyl (C=O) groups excluding carboxylic acids is 1. The normalized spacial score (nSPS) is 11.6. The monoisotopic (exact) mass is 1140 g/mol. The standard InChI is InChI=1S/C32H26OP.C24BF20/c33-32(27-15-5-1-6-16-27)28-17-13-14-26(24-28)25-34(29-18-7-2-8-19-29,30-20-9-3-10-21-30)31-22-11-4-12-23-31;26-5-1(6(27)14(35)21(42)13(5)34)25(2-7(28)15(36)22(43)16(37)8(2)29,3-9(30)17(38)23(44)18(39)10(3)31)4-11(32)19(40)24(45)20(41)12(4)33/h1-24H,25H2;/q+1;-1. The first-order valence-electron chi connectivity index (χ1n) is 22.4. The number of hydrogen-bond donors (Lipinski definition) is 0. The molecule has 0 aliphatic rings. The Kier molecular flexibility index (Phi) is 16.0. The molecule has 9 aromatic rings. The van der Waals surface area contributed by atoms with Crippen molar-refractivity contribution in [2.75, 3.05) is 0 Å². The van der Waals surface area contributed by atoms with Gasteiger partial charge in [-0.15, -0.1) is 21.9 Å². The van der Waals surface area contributed by atoms with Gasteiger partial charge in [0.25, 0.3) is 0 Å². The third kappa shape index (κ3) is 9.38. The van der Waals surface area contributed by atoms with Crippen LogP contribution in [0.25, 0.3) is 0 Å². The predicted molar refractivity (Wildman–Crippen MR) is 254 cm³/mol. The van der Waals surface area contributed by atoms with Crippen molar-refractivity contribution in [3.05, 3.63) is 279 Å². The van der Waals surface area contributed by atoms with E-state index in [0.717, 1.165) is 17.3 Å². The van der Waals surface area contributed by atoms with Crippen molar-refractivity contribution in [1.82, 2.24) is 0 Å². The number of halogens is 20. The molecule has 0 saturated heterocycles. The largest absolute Gasteiger partial charge is 0.289 e. The van der Waals surface area contributed by atoms with Crippen LogP contribution in [0, 0.1) is 116 Å². The molecule has 1 nitrogen and oxygen atoms in total. The lowest BCUT2D eigenvalue weighted by atomic mass is 9.12. The SMILES string of the molecule is Fc1c(F)c(F)c([B-](c2c(F)c(F)c(F)c(F)c2F)(c2c(F)c(F)c(F)c(F)c2F)c2c(F)c(F)c(F)c(F)c2F)c(F)c1F.O=C(c1ccccc1)c1cccc(C[P+](c2ccccc2)(c2ccccc2)c2ccccc2)c1. The van der Waals surface area contributed by atoms with Crippen molar-refractivity contribution in [2.45, 2.75) is 6.16 Å². The van der Waals surface area contributed by atoms with Crippen molar-refractivity contribution in [2.24, 2.45) is 0 Å². The van der Waals surface area contributed by atoms with Gasteiger partial charge in [0.1, 0.15) is 75.9 Å². The van der Waals surface area contributed by atoms with Crippen LogP contribution in [-0.2, 0) is 6.16 Å². The summed E-state index contributed by atoms with van der Waals surface area (Å²) in [6, 6.07) is 50.2. The average molecular weight is 1140 g/mol. The van der Waals surface area contributed by atoms with Crippen LogP contribution in [0.1, 0.15) is 21.5 Å². The van der Waals surface area contributed by atoms with Crippen LogP contribution < -0.4 is 37.8 Å². The zero-order valence-electron chi connectivity index (χ0n) is 39.1. The van der Waals surface area contributed by atoms with Crippen molar-refractivity contribution in [3.63, 3.8) is 0 Å². The van der Waals surface area contributed by atoms with Gasteiger partial charge in [-0.3, -0.25) is 4.79 Å². The highest BCUT2D eigenvalue weighted by molar-refractivity contribution is 7.95. The summed E-state index contributed by atoms with van der Waals surface area (Å²) in [6.07, 6.45) is -6.37. The summed E-state index contributed by atoms with van der Waals surface area (Å²) in [5.74, 6) is -71.3. The fourth-order valence-corrected chi connectivity index (χ4v) is 13.7. The second-order valence-corrected chi connectivity index (χ2v) is 20.7. The van der Waals surface area contributed by atoms with Crippen LogP contribution in [0.3, 0.4) is 0 Å². The van der Waals surface area contributed by atoms with Crippen molar-refractivity contribution in [1.29, 1.82) is 0 Å². The summed E-state index contributed by atoms with van der Waals surface area (Å²) in [5.41, 5.74) is -11.7. The van der Waals surface area contributed by atoms with Crippen molar-refractivity contribution >= 4 is 57.0 Å². The average Bonchev–Trinajstić information content (AvgIpc) is 3.39. The Hall–Kier alpha value is -8.26. The van der Waals surface area contributed by atoms with Gasteiger partial charge in [-0.1, -0.05) is 103 Å². The first kappa shape index (κ1) is 56.9. The van der Waals surface area contributed by atoms with E-state index in [9.17, 15) is 57.5 Å². The molecule has 0 N–H and O–H groups in total. The third-order valence-electron chi connectivity index (χ3n) is 12.9. The fourth-order valence-electron chi connectivity index (χ4n) is 9.48. The van der Waals surface area contributed by atoms with Gasteiger partial charge < -0.3 is 0 Å². The highest BCUT2D eigenvalue weighted by Crippen LogP contribution is 2.58. The van der Waals surface area contributed by atoms with Gasteiger partial charge >= 0.3 is 0 Å². The summed E-state index contributed by atoms with van der Waals surface area (Å²) in [7, 11) is -2.01. The van der Waals surface area contributed by atoms with Crippen molar-refractivity contribution < 1.29 is 92.6 Å². The molecule has 0 aliphatic carbocycles. The maximum absolute atomic E-state index is 15.4. The molecule has 0 aromatic heterocycles. The molecule has 9 rings (SSSR count). The molecular formula is C56H26BF20OP. The summed E-state index contributed by atoms with van der Waals surface area (Å²) in [5, 5.41) is 4.02. The minimum Gasteiger partial charge on any atom is -0.289 e. The molecule has 0 atom stereocenters. The Morgan fingerprint density at radius 3 is 0.772 bits per heavy atom. The van der Waals surface area contributed by atoms with Gasteiger partial charge in [-0.05, 0) is 48.0 Å². The van der Waals surface area contributed by atoms with Gasteiger partial charge in [-0.2, -0.15) is 0 Å². The van der Waals surface area contributed by atoms with Gasteiger partial charge in [0.05, 0.1) is 6.16 Å². The zero-order chi connectivity index (χ0) is 57.6. The topological polar surface area (TPSA) is 17.1 Å². The molecule has 0 fully saturated rings. The Labute approximate surface area is 433 Å². The molecule has 0 unspecified atom stereocenters. The summed E-state index contributed by atoms with van der Waals surface area (Å²) in [6.45, 7) is 0. The minimum atomic E-state index is -7.22. The van der Waals surface area contributed by atoms with E-state index in [4.69, 9.17) is 0 Å². The molecule has 0 saturated carbocycles. The highest BCUT2D eigenvalue weighted by Gasteiger charge is 2.53. The van der Waals surface area contributed by atoms with E-state index in [1.807, 2.05) is 42.5 Å². The number of benzene rings is 9. The van der Waals surface area contributed by atoms with Crippen LogP contribution >= 0.6 is 7.26 Å². The molecule has 9 aromatic carbocycles. The minimum absolute atomic E-state index is 0.0607. The molecule has 0 spiro atoms. The molecule has 0 heterocycles. The van der Waals surface area contributed by atoms with E-state index in [-0.39, 0.29) is 5.78 Å². The van der Waals surface area contributed by atoms with Crippen LogP contribution in [0.15, 0.2) is 146 Å². The Morgan fingerprint density at radius 1 is 0.278 bits per heavy atom. The molecule has 0 bridgehead atoms. The Balaban J connectivity index is 0.000000216. The van der Waals surface area contributed by atoms with Crippen molar-refractivity contribution in [3.8, 4) is 0 Å². The first-order chi connectivity index (χ1) is 37.5. The van der Waals surface area contributed by atoms with E-state index in [2.05, 4.69) is 103 Å². The first-order valence-corrected chi connectivity index (χ1v) is 24.4. The second-order valence-electron chi connectivity index (χ2n) is 17.2. The lowest BCUT2D eigenvalue weighted by Crippen LogP contribution is -2.81. The molecule has 0 aliphatic heterocycles. The van der Waals surface area contributed by atoms with E-state index in [1.54, 1.807) is 0 Å². The molecule has 0 amide bonds. The number of carbonyl (C=O) groups is 1. The second kappa shape index (κ2) is 22.2. The summed E-state index contributed by atoms with van der Waals surface area (Å²) >= 11 is 0. The molecule has 404 valence electrons. The molecule has 23 heteroatoms. The maximum atomic E-state index is 15.4. The van der Waals surface area contributed by atoms with E-state index >= 15 is 35.1 Å². The molecule has 0 radical (unpaired) electrons. The lowest BCUT2D eigenvalue weighted by molar-refractivity contribution is 0.103. The molecule has 79 heavy (non-hydrogen) atoms. The third-order valence-corrected chi connectivity index (χ3v) is 17.3. The highest BCUT2D eigenvalue weighted by atomic mass is 31.2. The summed E-state index contributed by atoms with van der Waals surface area (Å²) < 4.78 is 294. The number of rotatable bonds is 11. The maximum Gasteiger partial charge on any atom is 0.200 e. The lowest BCUT2D eigenvalue weighted by Gasteiger charge is -2.44. The van der Waals surface area contributed by atoms with E-state index in [0.29, 0.717) is 0 Å². The van der Waals surface area contributed by atoms with Crippen LogP contribution in [0.4, 0.5) is 87.8 Å². The van der Waals surface area contributed by atoms with Crippen LogP contribution in [0.2, 0.25) is 0 Å². The van der Waals surface area contributed by atoms with Gasteiger partial charge in [0.15, 0.2) is 75.6 Å². The number of ketones is 1. The van der Waals surface area contributed by atoms with Gasteiger partial charge in [-0.25, -0.2) is 87.8 Å². The van der Waals surface area contributed by atoms with Crippen LogP contribution in [0.5, 0.6) is 0 Å². The van der Waals surface area contributed by atoms with Crippen LogP contribution in [-0.4, -0.2) is 11.9 Å². The Morgan fingerprint density at radius 2 is 0.506 bits per heavy atom. The van der Waals surface area contributed by atoms with Gasteiger partial charge in [0.2, 0.25) is 0 Å². The predicted octanol–water partition coefficient (Wildman–Crippen LogP) is 12.3. The Bertz CT molecular complexity index is 3360. The van der Waals surface area contributed by atoms with E-state index in [1.165, 1.54) is 21.5 Å². The number of hydrogen-bond acceptors (Lipinski definition) is 1. The summed E-state index contributed by atoms with van der Waals surface area (Å²) in [4.78, 5) is 13.2.